The molecule has 0 unspecified atom stereocenters. The van der Waals surface area contributed by atoms with Gasteiger partial charge in [0.05, 0.1) is 0 Å². The lowest BCUT2D eigenvalue weighted by atomic mass is 10.1. The first-order valence-electron chi connectivity index (χ1n) is 6.92. The van der Waals surface area contributed by atoms with Crippen molar-refractivity contribution in [2.75, 3.05) is 18.5 Å². The van der Waals surface area contributed by atoms with Gasteiger partial charge in [-0.25, -0.2) is 0 Å². The van der Waals surface area contributed by atoms with Crippen LogP contribution in [0.25, 0.3) is 0 Å². The predicted octanol–water partition coefficient (Wildman–Crippen LogP) is 3.69. The highest BCUT2D eigenvalue weighted by Crippen LogP contribution is 2.34. The Morgan fingerprint density at radius 2 is 1.90 bits per heavy atom. The number of fused-ring (bicyclic) bond motifs is 1. The van der Waals surface area contributed by atoms with E-state index in [1.807, 2.05) is 12.1 Å². The molecule has 0 amide bonds. The summed E-state index contributed by atoms with van der Waals surface area (Å²) < 4.78 is 11.3. The van der Waals surface area contributed by atoms with Crippen molar-refractivity contribution in [2.24, 2.45) is 0 Å². The molecular formula is C17H19NO2. The van der Waals surface area contributed by atoms with Crippen molar-refractivity contribution in [2.45, 2.75) is 20.4 Å². The summed E-state index contributed by atoms with van der Waals surface area (Å²) in [6.07, 6.45) is 0. The van der Waals surface area contributed by atoms with Crippen LogP contribution in [0, 0.1) is 13.8 Å². The summed E-state index contributed by atoms with van der Waals surface area (Å²) in [5.41, 5.74) is 4.82. The lowest BCUT2D eigenvalue weighted by Crippen LogP contribution is -2.17. The number of benzene rings is 2. The minimum absolute atomic E-state index is 0.619. The molecule has 0 saturated carbocycles. The largest absolute Gasteiger partial charge is 0.486 e. The molecule has 1 aliphatic rings. The predicted molar refractivity (Wildman–Crippen MR) is 80.7 cm³/mol. The smallest absolute Gasteiger partial charge is 0.166 e. The molecule has 1 aliphatic heterocycles. The lowest BCUT2D eigenvalue weighted by molar-refractivity contribution is 0.170. The van der Waals surface area contributed by atoms with Crippen LogP contribution in [0.2, 0.25) is 0 Å². The van der Waals surface area contributed by atoms with E-state index in [9.17, 15) is 0 Å². The molecule has 2 aromatic rings. The molecule has 1 heterocycles. The monoisotopic (exact) mass is 269 g/mol. The molecule has 20 heavy (non-hydrogen) atoms. The molecule has 2 aromatic carbocycles. The maximum Gasteiger partial charge on any atom is 0.166 e. The van der Waals surface area contributed by atoms with Gasteiger partial charge in [0.2, 0.25) is 0 Å². The van der Waals surface area contributed by atoms with Crippen LogP contribution in [0.15, 0.2) is 36.4 Å². The highest BCUT2D eigenvalue weighted by molar-refractivity contribution is 5.54. The molecule has 104 valence electrons. The third kappa shape index (κ3) is 2.57. The second kappa shape index (κ2) is 5.45. The molecule has 0 fully saturated rings. The summed E-state index contributed by atoms with van der Waals surface area (Å²) in [6, 6.07) is 12.5. The highest BCUT2D eigenvalue weighted by atomic mass is 16.6. The summed E-state index contributed by atoms with van der Waals surface area (Å²) >= 11 is 0. The summed E-state index contributed by atoms with van der Waals surface area (Å²) in [7, 11) is 0. The van der Waals surface area contributed by atoms with Gasteiger partial charge in [0.15, 0.2) is 11.5 Å². The molecule has 3 nitrogen and oxygen atoms in total. The van der Waals surface area contributed by atoms with E-state index in [1.54, 1.807) is 0 Å². The molecule has 0 aliphatic carbocycles. The minimum atomic E-state index is 0.619. The number of ether oxygens (including phenoxy) is 2. The number of para-hydroxylation sites is 1. The van der Waals surface area contributed by atoms with Gasteiger partial charge < -0.3 is 14.8 Å². The Kier molecular flexibility index (Phi) is 3.50. The molecule has 0 spiro atoms. The summed E-state index contributed by atoms with van der Waals surface area (Å²) in [5.74, 6) is 1.71. The molecular weight excluding hydrogens is 250 g/mol. The van der Waals surface area contributed by atoms with E-state index >= 15 is 0 Å². The van der Waals surface area contributed by atoms with Crippen LogP contribution in [0.5, 0.6) is 11.5 Å². The Morgan fingerprint density at radius 1 is 1.05 bits per heavy atom. The van der Waals surface area contributed by atoms with Gasteiger partial charge in [0.1, 0.15) is 13.2 Å². The quantitative estimate of drug-likeness (QED) is 0.922. The number of nitrogens with one attached hydrogen (secondary N) is 1. The van der Waals surface area contributed by atoms with Crippen molar-refractivity contribution in [3.8, 4) is 11.5 Å². The molecule has 0 saturated heterocycles. The minimum Gasteiger partial charge on any atom is -0.486 e. The third-order valence-electron chi connectivity index (χ3n) is 3.50. The standard InChI is InChI=1S/C17H19NO2/c1-12-6-7-15(13(2)10-12)18-11-14-4-3-5-16-17(14)20-9-8-19-16/h3-7,10,18H,8-9,11H2,1-2H3. The number of aryl methyl sites for hydroxylation is 2. The first-order chi connectivity index (χ1) is 9.74. The van der Waals surface area contributed by atoms with E-state index in [2.05, 4.69) is 43.4 Å². The van der Waals surface area contributed by atoms with Crippen molar-refractivity contribution >= 4 is 5.69 Å². The van der Waals surface area contributed by atoms with Crippen LogP contribution in [-0.4, -0.2) is 13.2 Å². The van der Waals surface area contributed by atoms with Gasteiger partial charge in [0, 0.05) is 17.8 Å². The number of rotatable bonds is 3. The van der Waals surface area contributed by atoms with E-state index in [0.29, 0.717) is 13.2 Å². The SMILES string of the molecule is Cc1ccc(NCc2cccc3c2OCCO3)c(C)c1. The van der Waals surface area contributed by atoms with Crippen molar-refractivity contribution < 1.29 is 9.47 Å². The second-order valence-electron chi connectivity index (χ2n) is 5.11. The van der Waals surface area contributed by atoms with Gasteiger partial charge >= 0.3 is 0 Å². The zero-order chi connectivity index (χ0) is 13.9. The van der Waals surface area contributed by atoms with Crippen LogP contribution >= 0.6 is 0 Å². The van der Waals surface area contributed by atoms with E-state index in [1.165, 1.54) is 11.1 Å². The Hall–Kier alpha value is -2.16. The maximum absolute atomic E-state index is 5.73. The third-order valence-corrected chi connectivity index (χ3v) is 3.50. The average molecular weight is 269 g/mol. The number of hydrogen-bond donors (Lipinski definition) is 1. The molecule has 0 atom stereocenters. The molecule has 1 N–H and O–H groups in total. The summed E-state index contributed by atoms with van der Waals surface area (Å²) in [5, 5.41) is 3.47. The maximum atomic E-state index is 5.73. The van der Waals surface area contributed by atoms with E-state index in [4.69, 9.17) is 9.47 Å². The van der Waals surface area contributed by atoms with Crippen LogP contribution in [0.1, 0.15) is 16.7 Å². The van der Waals surface area contributed by atoms with Gasteiger partial charge in [-0.1, -0.05) is 29.8 Å². The van der Waals surface area contributed by atoms with Gasteiger partial charge in [0.25, 0.3) is 0 Å². The van der Waals surface area contributed by atoms with Crippen molar-refractivity contribution in [1.82, 2.24) is 0 Å². The fourth-order valence-electron chi connectivity index (χ4n) is 2.48. The van der Waals surface area contributed by atoms with Crippen LogP contribution in [0.3, 0.4) is 0 Å². The fourth-order valence-corrected chi connectivity index (χ4v) is 2.48. The summed E-state index contributed by atoms with van der Waals surface area (Å²) in [4.78, 5) is 0. The molecule has 0 bridgehead atoms. The van der Waals surface area contributed by atoms with Gasteiger partial charge in [-0.3, -0.25) is 0 Å². The van der Waals surface area contributed by atoms with Crippen LogP contribution in [0.4, 0.5) is 5.69 Å². The van der Waals surface area contributed by atoms with Gasteiger partial charge in [-0.05, 0) is 31.5 Å². The zero-order valence-corrected chi connectivity index (χ0v) is 11.9. The first-order valence-corrected chi connectivity index (χ1v) is 6.92. The fraction of sp³-hybridized carbons (Fsp3) is 0.294. The highest BCUT2D eigenvalue weighted by Gasteiger charge is 2.15. The Morgan fingerprint density at radius 3 is 2.75 bits per heavy atom. The number of anilines is 1. The van der Waals surface area contributed by atoms with Crippen molar-refractivity contribution in [3.05, 3.63) is 53.1 Å². The summed E-state index contributed by atoms with van der Waals surface area (Å²) in [6.45, 7) is 6.20. The topological polar surface area (TPSA) is 30.5 Å². The normalized spacial score (nSPS) is 13.1. The lowest BCUT2D eigenvalue weighted by Gasteiger charge is -2.21. The van der Waals surface area contributed by atoms with E-state index < -0.39 is 0 Å². The Bertz CT molecular complexity index is 622. The molecule has 0 aromatic heterocycles. The number of hydrogen-bond acceptors (Lipinski definition) is 3. The first kappa shape index (κ1) is 12.9. The van der Waals surface area contributed by atoms with E-state index in [0.717, 1.165) is 29.3 Å². The van der Waals surface area contributed by atoms with Crippen molar-refractivity contribution in [3.63, 3.8) is 0 Å². The van der Waals surface area contributed by atoms with Crippen LogP contribution < -0.4 is 14.8 Å². The molecule has 0 radical (unpaired) electrons. The molecule has 3 heteroatoms. The Balaban J connectivity index is 1.78. The van der Waals surface area contributed by atoms with Gasteiger partial charge in [-0.2, -0.15) is 0 Å². The average Bonchev–Trinajstić information content (AvgIpc) is 2.46. The van der Waals surface area contributed by atoms with Crippen molar-refractivity contribution in [1.29, 1.82) is 0 Å². The van der Waals surface area contributed by atoms with E-state index in [-0.39, 0.29) is 0 Å². The zero-order valence-electron chi connectivity index (χ0n) is 11.9. The van der Waals surface area contributed by atoms with Crippen LogP contribution in [-0.2, 0) is 6.54 Å². The molecule has 3 rings (SSSR count). The van der Waals surface area contributed by atoms with Gasteiger partial charge in [-0.15, -0.1) is 0 Å². The second-order valence-corrected chi connectivity index (χ2v) is 5.11. The Labute approximate surface area is 119 Å².